The van der Waals surface area contributed by atoms with E-state index in [2.05, 4.69) is 16.0 Å². The predicted octanol–water partition coefficient (Wildman–Crippen LogP) is 4.05. The van der Waals surface area contributed by atoms with Gasteiger partial charge in [-0.15, -0.1) is 0 Å². The highest BCUT2D eigenvalue weighted by atomic mass is 19.1. The standard InChI is InChI=1S/C16H13FN2/c1-10-5-13-7-12(3-4-15(13)18-8-10)16-11(2)6-14(17)9-19-16/h3-9H,1-2H3. The molecule has 0 aliphatic rings. The summed E-state index contributed by atoms with van der Waals surface area (Å²) in [4.78, 5) is 8.55. The molecule has 0 amide bonds. The van der Waals surface area contributed by atoms with Gasteiger partial charge in [-0.25, -0.2) is 4.39 Å². The van der Waals surface area contributed by atoms with Gasteiger partial charge in [0.25, 0.3) is 0 Å². The summed E-state index contributed by atoms with van der Waals surface area (Å²) in [6.07, 6.45) is 3.10. The summed E-state index contributed by atoms with van der Waals surface area (Å²) >= 11 is 0. The molecule has 0 spiro atoms. The van der Waals surface area contributed by atoms with Crippen LogP contribution in [0.25, 0.3) is 22.2 Å². The highest BCUT2D eigenvalue weighted by Crippen LogP contribution is 2.25. The van der Waals surface area contributed by atoms with E-state index in [9.17, 15) is 4.39 Å². The molecule has 0 aliphatic heterocycles. The number of pyridine rings is 2. The van der Waals surface area contributed by atoms with E-state index < -0.39 is 0 Å². The average molecular weight is 252 g/mol. The number of aryl methyl sites for hydroxylation is 2. The summed E-state index contributed by atoms with van der Waals surface area (Å²) in [6.45, 7) is 3.88. The maximum atomic E-state index is 13.1. The van der Waals surface area contributed by atoms with E-state index in [1.54, 1.807) is 0 Å². The highest BCUT2D eigenvalue weighted by molar-refractivity contribution is 5.84. The summed E-state index contributed by atoms with van der Waals surface area (Å²) in [6, 6.07) is 9.57. The molecule has 0 fully saturated rings. The first-order valence-corrected chi connectivity index (χ1v) is 6.12. The Bertz CT molecular complexity index is 766. The van der Waals surface area contributed by atoms with Crippen LogP contribution in [0.5, 0.6) is 0 Å². The fourth-order valence-electron chi connectivity index (χ4n) is 2.23. The molecule has 0 N–H and O–H groups in total. The van der Waals surface area contributed by atoms with E-state index in [1.807, 2.05) is 38.2 Å². The number of hydrogen-bond acceptors (Lipinski definition) is 2. The number of nitrogens with zero attached hydrogens (tertiary/aromatic N) is 2. The minimum absolute atomic E-state index is 0.306. The lowest BCUT2D eigenvalue weighted by molar-refractivity contribution is 0.620. The summed E-state index contributed by atoms with van der Waals surface area (Å²) in [5.74, 6) is -0.306. The van der Waals surface area contributed by atoms with Gasteiger partial charge in [-0.1, -0.05) is 6.07 Å². The van der Waals surface area contributed by atoms with E-state index in [0.29, 0.717) is 0 Å². The van der Waals surface area contributed by atoms with Crippen molar-refractivity contribution in [1.82, 2.24) is 9.97 Å². The van der Waals surface area contributed by atoms with Gasteiger partial charge in [0.1, 0.15) is 5.82 Å². The fraction of sp³-hybridized carbons (Fsp3) is 0.125. The molecule has 1 aromatic carbocycles. The van der Waals surface area contributed by atoms with Crippen molar-refractivity contribution in [2.24, 2.45) is 0 Å². The van der Waals surface area contributed by atoms with Gasteiger partial charge in [0.2, 0.25) is 0 Å². The van der Waals surface area contributed by atoms with Gasteiger partial charge in [-0.2, -0.15) is 0 Å². The molecule has 0 radical (unpaired) electrons. The Kier molecular flexibility index (Phi) is 2.75. The van der Waals surface area contributed by atoms with Crippen LogP contribution in [0.3, 0.4) is 0 Å². The van der Waals surface area contributed by atoms with Crippen LogP contribution in [-0.4, -0.2) is 9.97 Å². The molecule has 0 atom stereocenters. The first-order valence-electron chi connectivity index (χ1n) is 6.12. The summed E-state index contributed by atoms with van der Waals surface area (Å²) in [5, 5.41) is 1.07. The van der Waals surface area contributed by atoms with Gasteiger partial charge in [0, 0.05) is 17.1 Å². The van der Waals surface area contributed by atoms with Gasteiger partial charge in [0.05, 0.1) is 17.4 Å². The topological polar surface area (TPSA) is 25.8 Å². The average Bonchev–Trinajstić information content (AvgIpc) is 2.38. The van der Waals surface area contributed by atoms with Crippen molar-refractivity contribution in [3.05, 3.63) is 59.7 Å². The lowest BCUT2D eigenvalue weighted by Gasteiger charge is -2.06. The maximum Gasteiger partial charge on any atom is 0.141 e. The third-order valence-corrected chi connectivity index (χ3v) is 3.14. The number of fused-ring (bicyclic) bond motifs is 1. The smallest absolute Gasteiger partial charge is 0.141 e. The molecule has 2 nitrogen and oxygen atoms in total. The van der Waals surface area contributed by atoms with Crippen LogP contribution < -0.4 is 0 Å². The third-order valence-electron chi connectivity index (χ3n) is 3.14. The molecule has 3 rings (SSSR count). The molecule has 94 valence electrons. The predicted molar refractivity (Wildman–Crippen MR) is 74.4 cm³/mol. The summed E-state index contributed by atoms with van der Waals surface area (Å²) < 4.78 is 13.1. The Morgan fingerprint density at radius 1 is 0.947 bits per heavy atom. The maximum absolute atomic E-state index is 13.1. The summed E-state index contributed by atoms with van der Waals surface area (Å²) in [5.41, 5.74) is 4.70. The number of rotatable bonds is 1. The second-order valence-corrected chi connectivity index (χ2v) is 4.74. The van der Waals surface area contributed by atoms with Crippen molar-refractivity contribution in [2.75, 3.05) is 0 Å². The van der Waals surface area contributed by atoms with Crippen LogP contribution in [0.15, 0.2) is 42.7 Å². The number of halogens is 1. The Labute approximate surface area is 111 Å². The van der Waals surface area contributed by atoms with Gasteiger partial charge in [-0.05, 0) is 49.2 Å². The molecule has 0 aliphatic carbocycles. The Balaban J connectivity index is 2.19. The fourth-order valence-corrected chi connectivity index (χ4v) is 2.23. The van der Waals surface area contributed by atoms with Crippen LogP contribution in [0.1, 0.15) is 11.1 Å². The van der Waals surface area contributed by atoms with Gasteiger partial charge in [0.15, 0.2) is 0 Å². The van der Waals surface area contributed by atoms with E-state index in [1.165, 1.54) is 12.3 Å². The van der Waals surface area contributed by atoms with E-state index in [-0.39, 0.29) is 5.82 Å². The Morgan fingerprint density at radius 2 is 1.79 bits per heavy atom. The zero-order valence-electron chi connectivity index (χ0n) is 10.8. The monoisotopic (exact) mass is 252 g/mol. The number of hydrogen-bond donors (Lipinski definition) is 0. The van der Waals surface area contributed by atoms with Crippen molar-refractivity contribution in [1.29, 1.82) is 0 Å². The van der Waals surface area contributed by atoms with E-state index in [4.69, 9.17) is 0 Å². The second kappa shape index (κ2) is 4.43. The molecule has 3 aromatic rings. The van der Waals surface area contributed by atoms with Crippen LogP contribution in [0.4, 0.5) is 4.39 Å². The van der Waals surface area contributed by atoms with Crippen LogP contribution in [0, 0.1) is 19.7 Å². The molecule has 0 saturated heterocycles. The van der Waals surface area contributed by atoms with Crippen molar-refractivity contribution in [3.8, 4) is 11.3 Å². The van der Waals surface area contributed by atoms with E-state index in [0.717, 1.165) is 33.3 Å². The first-order chi connectivity index (χ1) is 9.13. The zero-order valence-corrected chi connectivity index (χ0v) is 10.8. The van der Waals surface area contributed by atoms with Crippen LogP contribution >= 0.6 is 0 Å². The van der Waals surface area contributed by atoms with Crippen molar-refractivity contribution in [3.63, 3.8) is 0 Å². The Morgan fingerprint density at radius 3 is 2.58 bits per heavy atom. The molecule has 0 bridgehead atoms. The Hall–Kier alpha value is -2.29. The molecular weight excluding hydrogens is 239 g/mol. The van der Waals surface area contributed by atoms with Gasteiger partial charge < -0.3 is 0 Å². The van der Waals surface area contributed by atoms with E-state index >= 15 is 0 Å². The molecule has 2 aromatic heterocycles. The first kappa shape index (κ1) is 11.8. The van der Waals surface area contributed by atoms with Crippen LogP contribution in [0.2, 0.25) is 0 Å². The van der Waals surface area contributed by atoms with Crippen LogP contribution in [-0.2, 0) is 0 Å². The van der Waals surface area contributed by atoms with Crippen molar-refractivity contribution < 1.29 is 4.39 Å². The van der Waals surface area contributed by atoms with Crippen molar-refractivity contribution in [2.45, 2.75) is 13.8 Å². The molecule has 3 heteroatoms. The number of benzene rings is 1. The quantitative estimate of drug-likeness (QED) is 0.653. The molecule has 19 heavy (non-hydrogen) atoms. The lowest BCUT2D eigenvalue weighted by atomic mass is 10.0. The molecule has 0 saturated carbocycles. The minimum Gasteiger partial charge on any atom is -0.256 e. The molecule has 2 heterocycles. The van der Waals surface area contributed by atoms with Gasteiger partial charge in [-0.3, -0.25) is 9.97 Å². The SMILES string of the molecule is Cc1cnc2ccc(-c3ncc(F)cc3C)cc2c1. The lowest BCUT2D eigenvalue weighted by Crippen LogP contribution is -1.90. The molecule has 0 unspecified atom stereocenters. The third kappa shape index (κ3) is 2.19. The van der Waals surface area contributed by atoms with Gasteiger partial charge >= 0.3 is 0 Å². The zero-order chi connectivity index (χ0) is 13.4. The second-order valence-electron chi connectivity index (χ2n) is 4.74. The summed E-state index contributed by atoms with van der Waals surface area (Å²) in [7, 11) is 0. The van der Waals surface area contributed by atoms with Crippen molar-refractivity contribution >= 4 is 10.9 Å². The molecular formula is C16H13FN2. The largest absolute Gasteiger partial charge is 0.256 e. The number of aromatic nitrogens is 2. The minimum atomic E-state index is -0.306. The highest BCUT2D eigenvalue weighted by Gasteiger charge is 2.06. The normalized spacial score (nSPS) is 10.9.